The highest BCUT2D eigenvalue weighted by Crippen LogP contribution is 2.39. The number of carbonyl (C=O) groups is 3. The predicted molar refractivity (Wildman–Crippen MR) is 168 cm³/mol. The molecule has 3 aromatic rings. The maximum atomic E-state index is 13.3. The SMILES string of the molecule is CSCC(C)NC(=O)c1c(I)cccc1C(=O)Nc1ccc(CN2N=NC(c3cc(C(F)(F)F)cc(C(F)(F)F)c3)C2=O)cc1C. The molecule has 1 aliphatic rings. The standard InChI is InChI=1S/C30H26F6IN5O3S/c1-15-9-17(7-8-23(15)39-26(43)21-5-4-6-22(37)24(21)27(44)38-16(2)14-46-3)13-42-28(45)25(40-41-42)18-10-19(29(31,32)33)12-20(11-18)30(34,35)36/h4-12,16,25H,13-14H2,1-3H3,(H,38,44)(H,39,43). The highest BCUT2D eigenvalue weighted by atomic mass is 127. The van der Waals surface area contributed by atoms with Crippen LogP contribution in [0.25, 0.3) is 0 Å². The molecule has 8 nitrogen and oxygen atoms in total. The normalized spacial score (nSPS) is 15.7. The minimum Gasteiger partial charge on any atom is -0.349 e. The van der Waals surface area contributed by atoms with Gasteiger partial charge in [-0.1, -0.05) is 23.4 Å². The molecule has 0 fully saturated rings. The third-order valence-electron chi connectivity index (χ3n) is 6.84. The molecule has 0 spiro atoms. The number of carbonyl (C=O) groups excluding carboxylic acids is 3. The average molecular weight is 778 g/mol. The molecule has 0 bridgehead atoms. The summed E-state index contributed by atoms with van der Waals surface area (Å²) in [5, 5.41) is 13.9. The molecule has 3 amide bonds. The molecule has 2 unspecified atom stereocenters. The van der Waals surface area contributed by atoms with E-state index in [1.165, 1.54) is 6.07 Å². The monoisotopic (exact) mass is 777 g/mol. The van der Waals surface area contributed by atoms with Gasteiger partial charge in [0.15, 0.2) is 6.04 Å². The van der Waals surface area contributed by atoms with Gasteiger partial charge in [0.25, 0.3) is 17.7 Å². The van der Waals surface area contributed by atoms with E-state index in [1.807, 2.05) is 35.8 Å². The summed E-state index contributed by atoms with van der Waals surface area (Å²) in [4.78, 5) is 39.3. The van der Waals surface area contributed by atoms with Crippen LogP contribution in [0, 0.1) is 10.5 Å². The fourth-order valence-corrected chi connectivity index (χ4v) is 5.99. The van der Waals surface area contributed by atoms with Gasteiger partial charge >= 0.3 is 12.4 Å². The van der Waals surface area contributed by atoms with E-state index in [9.17, 15) is 40.7 Å². The maximum absolute atomic E-state index is 13.3. The largest absolute Gasteiger partial charge is 0.416 e. The van der Waals surface area contributed by atoms with Crippen LogP contribution in [0.5, 0.6) is 0 Å². The molecule has 46 heavy (non-hydrogen) atoms. The summed E-state index contributed by atoms with van der Waals surface area (Å²) in [5.74, 6) is -1.12. The topological polar surface area (TPSA) is 103 Å². The Balaban J connectivity index is 1.49. The molecule has 0 radical (unpaired) electrons. The first-order chi connectivity index (χ1) is 21.5. The number of hydrogen-bond acceptors (Lipinski definition) is 6. The van der Waals surface area contributed by atoms with Crippen LogP contribution >= 0.6 is 34.4 Å². The van der Waals surface area contributed by atoms with E-state index in [1.54, 1.807) is 49.0 Å². The molecule has 2 atom stereocenters. The Bertz CT molecular complexity index is 1670. The molecule has 0 aliphatic carbocycles. The third-order valence-corrected chi connectivity index (χ3v) is 8.57. The van der Waals surface area contributed by atoms with Crippen LogP contribution in [0.4, 0.5) is 32.0 Å². The van der Waals surface area contributed by atoms with Gasteiger partial charge < -0.3 is 10.6 Å². The summed E-state index contributed by atoms with van der Waals surface area (Å²) in [6.07, 6.45) is -8.24. The van der Waals surface area contributed by atoms with Crippen LogP contribution in [0.3, 0.4) is 0 Å². The van der Waals surface area contributed by atoms with Crippen molar-refractivity contribution < 1.29 is 40.7 Å². The second-order valence-electron chi connectivity index (χ2n) is 10.4. The van der Waals surface area contributed by atoms with Gasteiger partial charge in [-0.3, -0.25) is 14.4 Å². The molecule has 0 aromatic heterocycles. The lowest BCUT2D eigenvalue weighted by Crippen LogP contribution is -2.36. The van der Waals surface area contributed by atoms with Crippen LogP contribution < -0.4 is 10.6 Å². The van der Waals surface area contributed by atoms with Crippen LogP contribution in [-0.2, 0) is 23.7 Å². The molecule has 16 heteroatoms. The minimum atomic E-state index is -5.08. The number of hydrogen-bond donors (Lipinski definition) is 2. The van der Waals surface area contributed by atoms with E-state index in [-0.39, 0.29) is 35.7 Å². The van der Waals surface area contributed by atoms with Crippen molar-refractivity contribution in [2.45, 2.75) is 44.8 Å². The van der Waals surface area contributed by atoms with Gasteiger partial charge in [-0.15, -0.1) is 0 Å². The summed E-state index contributed by atoms with van der Waals surface area (Å²) < 4.78 is 80.5. The van der Waals surface area contributed by atoms with Crippen LogP contribution in [0.15, 0.2) is 64.9 Å². The fourth-order valence-electron chi connectivity index (χ4n) is 4.66. The van der Waals surface area contributed by atoms with Crippen LogP contribution in [0.1, 0.15) is 61.5 Å². The first-order valence-corrected chi connectivity index (χ1v) is 16.0. The van der Waals surface area contributed by atoms with Crippen molar-refractivity contribution in [2.75, 3.05) is 17.3 Å². The zero-order chi connectivity index (χ0) is 34.0. The van der Waals surface area contributed by atoms with Gasteiger partial charge in [-0.2, -0.15) is 43.2 Å². The van der Waals surface area contributed by atoms with Crippen LogP contribution in [-0.4, -0.2) is 40.8 Å². The van der Waals surface area contributed by atoms with Crippen molar-refractivity contribution in [1.82, 2.24) is 10.3 Å². The number of benzene rings is 3. The van der Waals surface area contributed by atoms with Crippen molar-refractivity contribution in [1.29, 1.82) is 0 Å². The molecular formula is C30H26F6IN5O3S. The number of nitrogens with zero attached hydrogens (tertiary/aromatic N) is 3. The van der Waals surface area contributed by atoms with Gasteiger partial charge in [-0.05, 0) is 95.8 Å². The number of alkyl halides is 6. The molecule has 0 saturated carbocycles. The molecule has 2 N–H and O–H groups in total. The summed E-state index contributed by atoms with van der Waals surface area (Å²) in [5.41, 5.74) is -1.82. The Morgan fingerprint density at radius 2 is 1.65 bits per heavy atom. The molecule has 1 heterocycles. The van der Waals surface area contributed by atoms with Crippen molar-refractivity contribution in [3.8, 4) is 0 Å². The summed E-state index contributed by atoms with van der Waals surface area (Å²) in [6.45, 7) is 3.36. The predicted octanol–water partition coefficient (Wildman–Crippen LogP) is 7.82. The highest BCUT2D eigenvalue weighted by molar-refractivity contribution is 14.1. The quantitative estimate of drug-likeness (QED) is 0.171. The van der Waals surface area contributed by atoms with Crippen LogP contribution in [0.2, 0.25) is 0 Å². The molecule has 244 valence electrons. The molecule has 4 rings (SSSR count). The Kier molecular flexibility index (Phi) is 10.7. The molecule has 3 aromatic carbocycles. The Morgan fingerprint density at radius 3 is 2.24 bits per heavy atom. The average Bonchev–Trinajstić information content (AvgIpc) is 3.32. The first kappa shape index (κ1) is 35.2. The van der Waals surface area contributed by atoms with Gasteiger partial charge in [0, 0.05) is 21.1 Å². The third kappa shape index (κ3) is 8.18. The van der Waals surface area contributed by atoms with Crippen molar-refractivity contribution in [3.63, 3.8) is 0 Å². The fraction of sp³-hybridized carbons (Fsp3) is 0.300. The van der Waals surface area contributed by atoms with Crippen molar-refractivity contribution >= 4 is 57.8 Å². The molecular weight excluding hydrogens is 751 g/mol. The lowest BCUT2D eigenvalue weighted by Gasteiger charge is -2.17. The summed E-state index contributed by atoms with van der Waals surface area (Å²) in [6, 6.07) is 8.75. The lowest BCUT2D eigenvalue weighted by molar-refractivity contribution is -0.143. The highest BCUT2D eigenvalue weighted by Gasteiger charge is 2.40. The maximum Gasteiger partial charge on any atom is 0.416 e. The van der Waals surface area contributed by atoms with Gasteiger partial charge in [0.05, 0.1) is 28.8 Å². The summed E-state index contributed by atoms with van der Waals surface area (Å²) in [7, 11) is 0. The zero-order valence-electron chi connectivity index (χ0n) is 24.4. The summed E-state index contributed by atoms with van der Waals surface area (Å²) >= 11 is 3.56. The van der Waals surface area contributed by atoms with Gasteiger partial charge in [-0.25, -0.2) is 5.01 Å². The second-order valence-corrected chi connectivity index (χ2v) is 12.5. The van der Waals surface area contributed by atoms with E-state index in [4.69, 9.17) is 0 Å². The van der Waals surface area contributed by atoms with Crippen molar-refractivity contribution in [3.05, 3.63) is 97.1 Å². The van der Waals surface area contributed by atoms with E-state index in [0.717, 1.165) is 5.01 Å². The Labute approximate surface area is 277 Å². The number of rotatable bonds is 9. The van der Waals surface area contributed by atoms with Gasteiger partial charge in [0.2, 0.25) is 0 Å². The molecule has 0 saturated heterocycles. The van der Waals surface area contributed by atoms with Crippen molar-refractivity contribution in [2.24, 2.45) is 10.3 Å². The minimum absolute atomic E-state index is 0.0254. The number of nitrogens with one attached hydrogen (secondary N) is 2. The lowest BCUT2D eigenvalue weighted by atomic mass is 9.99. The Morgan fingerprint density at radius 1 is 1.00 bits per heavy atom. The van der Waals surface area contributed by atoms with E-state index in [2.05, 4.69) is 21.0 Å². The number of amides is 3. The Hall–Kier alpha value is -3.67. The zero-order valence-corrected chi connectivity index (χ0v) is 27.4. The molecule has 1 aliphatic heterocycles. The second kappa shape index (κ2) is 14.0. The number of anilines is 1. The number of halogens is 7. The smallest absolute Gasteiger partial charge is 0.349 e. The van der Waals surface area contributed by atoms with Gasteiger partial charge in [0.1, 0.15) is 0 Å². The van der Waals surface area contributed by atoms with E-state index < -0.39 is 46.9 Å². The van der Waals surface area contributed by atoms with E-state index in [0.29, 0.717) is 38.3 Å². The number of aryl methyl sites for hydroxylation is 1. The van der Waals surface area contributed by atoms with E-state index >= 15 is 0 Å². The first-order valence-electron chi connectivity index (χ1n) is 13.5. The number of thioether (sulfide) groups is 1.